The molecule has 4 heteroatoms. The molecule has 0 saturated carbocycles. The molecule has 1 aliphatic heterocycles. The van der Waals surface area contributed by atoms with Crippen molar-refractivity contribution in [2.24, 2.45) is 11.7 Å². The molecule has 1 unspecified atom stereocenters. The minimum absolute atomic E-state index is 0. The van der Waals surface area contributed by atoms with E-state index >= 15 is 0 Å². The van der Waals surface area contributed by atoms with Gasteiger partial charge in [0, 0.05) is 24.7 Å². The van der Waals surface area contributed by atoms with Crippen LogP contribution in [0.15, 0.2) is 24.3 Å². The summed E-state index contributed by atoms with van der Waals surface area (Å²) >= 11 is 0. The number of halogens is 1. The fraction of sp³-hybridized carbons (Fsp3) is 0.500. The first kappa shape index (κ1) is 15.0. The molecule has 0 aliphatic carbocycles. The Morgan fingerprint density at radius 3 is 2.83 bits per heavy atom. The summed E-state index contributed by atoms with van der Waals surface area (Å²) < 4.78 is 0. The Balaban J connectivity index is 0.00000162. The first-order valence-electron chi connectivity index (χ1n) is 6.33. The Hall–Kier alpha value is -1.06. The van der Waals surface area contributed by atoms with Gasteiger partial charge in [0.15, 0.2) is 0 Å². The van der Waals surface area contributed by atoms with Crippen LogP contribution in [0.5, 0.6) is 0 Å². The van der Waals surface area contributed by atoms with Crippen molar-refractivity contribution < 1.29 is 4.79 Å². The normalized spacial score (nSPS) is 16.2. The lowest BCUT2D eigenvalue weighted by Crippen LogP contribution is -2.38. The summed E-state index contributed by atoms with van der Waals surface area (Å²) in [4.78, 5) is 14.2. The average Bonchev–Trinajstić information content (AvgIpc) is 2.59. The van der Waals surface area contributed by atoms with Gasteiger partial charge in [-0.25, -0.2) is 0 Å². The lowest BCUT2D eigenvalue weighted by atomic mass is 10.1. The number of para-hydroxylation sites is 1. The molecule has 0 fully saturated rings. The third-order valence-electron chi connectivity index (χ3n) is 3.40. The first-order chi connectivity index (χ1) is 8.24. The number of fused-ring (bicyclic) bond motifs is 1. The van der Waals surface area contributed by atoms with Gasteiger partial charge in [0.1, 0.15) is 0 Å². The third-order valence-corrected chi connectivity index (χ3v) is 3.40. The van der Waals surface area contributed by atoms with Crippen LogP contribution in [0.2, 0.25) is 0 Å². The Morgan fingerprint density at radius 1 is 1.39 bits per heavy atom. The van der Waals surface area contributed by atoms with E-state index in [9.17, 15) is 4.79 Å². The molecule has 2 N–H and O–H groups in total. The molecule has 2 rings (SSSR count). The van der Waals surface area contributed by atoms with Gasteiger partial charge in [0.25, 0.3) is 0 Å². The quantitative estimate of drug-likeness (QED) is 0.895. The zero-order valence-corrected chi connectivity index (χ0v) is 11.6. The summed E-state index contributed by atoms with van der Waals surface area (Å²) in [5.74, 6) is 0.0583. The topological polar surface area (TPSA) is 46.3 Å². The third kappa shape index (κ3) is 3.03. The smallest absolute Gasteiger partial charge is 0.231 e. The maximum atomic E-state index is 12.3. The van der Waals surface area contributed by atoms with E-state index in [0.717, 1.165) is 31.5 Å². The molecule has 0 bridgehead atoms. The average molecular weight is 269 g/mol. The summed E-state index contributed by atoms with van der Waals surface area (Å²) in [6.45, 7) is 3.13. The van der Waals surface area contributed by atoms with Crippen molar-refractivity contribution in [1.29, 1.82) is 0 Å². The molecule has 1 amide bonds. The molecule has 1 aromatic carbocycles. The number of aryl methyl sites for hydroxylation is 1. The number of carbonyl (C=O) groups is 1. The van der Waals surface area contributed by atoms with Crippen molar-refractivity contribution in [2.45, 2.75) is 26.2 Å². The number of amides is 1. The molecule has 1 aromatic rings. The number of rotatable bonds is 2. The molecule has 1 atom stereocenters. The van der Waals surface area contributed by atoms with Crippen molar-refractivity contribution in [3.8, 4) is 0 Å². The lowest BCUT2D eigenvalue weighted by molar-refractivity contribution is -0.121. The number of nitrogens with zero attached hydrogens (tertiary/aromatic N) is 1. The van der Waals surface area contributed by atoms with Crippen LogP contribution in [-0.4, -0.2) is 19.0 Å². The molecule has 100 valence electrons. The summed E-state index contributed by atoms with van der Waals surface area (Å²) in [6, 6.07) is 8.20. The second kappa shape index (κ2) is 6.76. The second-order valence-corrected chi connectivity index (χ2v) is 4.71. The van der Waals surface area contributed by atoms with Crippen molar-refractivity contribution >= 4 is 24.0 Å². The number of benzene rings is 1. The van der Waals surface area contributed by atoms with E-state index in [4.69, 9.17) is 5.73 Å². The number of hydrogen-bond acceptors (Lipinski definition) is 2. The van der Waals surface area contributed by atoms with Crippen LogP contribution in [-0.2, 0) is 11.2 Å². The molecule has 0 spiro atoms. The molecule has 0 radical (unpaired) electrons. The van der Waals surface area contributed by atoms with Crippen molar-refractivity contribution in [1.82, 2.24) is 0 Å². The second-order valence-electron chi connectivity index (χ2n) is 4.71. The van der Waals surface area contributed by atoms with Crippen LogP contribution in [0.3, 0.4) is 0 Å². The monoisotopic (exact) mass is 268 g/mol. The molecular weight excluding hydrogens is 248 g/mol. The summed E-state index contributed by atoms with van der Waals surface area (Å²) in [5, 5.41) is 0. The van der Waals surface area contributed by atoms with Gasteiger partial charge in [-0.15, -0.1) is 12.4 Å². The van der Waals surface area contributed by atoms with E-state index in [-0.39, 0.29) is 24.2 Å². The largest absolute Gasteiger partial charge is 0.330 e. The Labute approximate surface area is 115 Å². The molecule has 1 heterocycles. The highest BCUT2D eigenvalue weighted by molar-refractivity contribution is 5.95. The van der Waals surface area contributed by atoms with Gasteiger partial charge in [-0.2, -0.15) is 0 Å². The van der Waals surface area contributed by atoms with Crippen LogP contribution in [0, 0.1) is 5.92 Å². The minimum Gasteiger partial charge on any atom is -0.330 e. The SMILES string of the molecule is CC(CN)C(=O)N1CCCCc2ccccc21.Cl. The van der Waals surface area contributed by atoms with Gasteiger partial charge in [0.05, 0.1) is 0 Å². The van der Waals surface area contributed by atoms with Gasteiger partial charge in [0.2, 0.25) is 5.91 Å². The van der Waals surface area contributed by atoms with Gasteiger partial charge >= 0.3 is 0 Å². The predicted molar refractivity (Wildman–Crippen MR) is 77.2 cm³/mol. The van der Waals surface area contributed by atoms with Crippen LogP contribution < -0.4 is 10.6 Å². The number of hydrogen-bond donors (Lipinski definition) is 1. The maximum absolute atomic E-state index is 12.3. The van der Waals surface area contributed by atoms with Gasteiger partial charge in [-0.05, 0) is 30.9 Å². The minimum atomic E-state index is -0.0962. The molecule has 1 aliphatic rings. The number of nitrogens with two attached hydrogens (primary N) is 1. The molecular formula is C14H21ClN2O. The summed E-state index contributed by atoms with van der Waals surface area (Å²) in [5.41, 5.74) is 7.95. The molecule has 0 saturated heterocycles. The van der Waals surface area contributed by atoms with Crippen molar-refractivity contribution in [2.75, 3.05) is 18.0 Å². The predicted octanol–water partition coefficient (Wildman–Crippen LogP) is 2.37. The van der Waals surface area contributed by atoms with Crippen LogP contribution in [0.1, 0.15) is 25.3 Å². The van der Waals surface area contributed by atoms with Gasteiger partial charge in [-0.1, -0.05) is 25.1 Å². The Bertz CT molecular complexity index is 409. The van der Waals surface area contributed by atoms with Crippen molar-refractivity contribution in [3.63, 3.8) is 0 Å². The fourth-order valence-electron chi connectivity index (χ4n) is 2.29. The first-order valence-corrected chi connectivity index (χ1v) is 6.33. The highest BCUT2D eigenvalue weighted by atomic mass is 35.5. The highest BCUT2D eigenvalue weighted by Crippen LogP contribution is 2.27. The van der Waals surface area contributed by atoms with E-state index in [2.05, 4.69) is 6.07 Å². The van der Waals surface area contributed by atoms with E-state index in [1.165, 1.54) is 5.56 Å². The number of carbonyl (C=O) groups excluding carboxylic acids is 1. The zero-order valence-electron chi connectivity index (χ0n) is 10.8. The highest BCUT2D eigenvalue weighted by Gasteiger charge is 2.23. The van der Waals surface area contributed by atoms with Gasteiger partial charge in [-0.3, -0.25) is 4.79 Å². The van der Waals surface area contributed by atoms with Crippen LogP contribution in [0.25, 0.3) is 0 Å². The fourth-order valence-corrected chi connectivity index (χ4v) is 2.29. The van der Waals surface area contributed by atoms with Crippen LogP contribution >= 0.6 is 12.4 Å². The molecule has 0 aromatic heterocycles. The maximum Gasteiger partial charge on any atom is 0.231 e. The van der Waals surface area contributed by atoms with E-state index in [0.29, 0.717) is 6.54 Å². The molecule has 18 heavy (non-hydrogen) atoms. The van der Waals surface area contributed by atoms with Gasteiger partial charge < -0.3 is 10.6 Å². The van der Waals surface area contributed by atoms with E-state index in [1.807, 2.05) is 30.0 Å². The van der Waals surface area contributed by atoms with Crippen molar-refractivity contribution in [3.05, 3.63) is 29.8 Å². The lowest BCUT2D eigenvalue weighted by Gasteiger charge is -2.25. The molecule has 3 nitrogen and oxygen atoms in total. The van der Waals surface area contributed by atoms with E-state index in [1.54, 1.807) is 0 Å². The standard InChI is InChI=1S/C14H20N2O.ClH/c1-11(10-15)14(17)16-9-5-4-7-12-6-2-3-8-13(12)16;/h2-3,6,8,11H,4-5,7,9-10,15H2,1H3;1H. The zero-order chi connectivity index (χ0) is 12.3. The van der Waals surface area contributed by atoms with E-state index < -0.39 is 0 Å². The summed E-state index contributed by atoms with van der Waals surface area (Å²) in [6.07, 6.45) is 3.28. The Morgan fingerprint density at radius 2 is 2.11 bits per heavy atom. The van der Waals surface area contributed by atoms with Crippen LogP contribution in [0.4, 0.5) is 5.69 Å². The Kier molecular flexibility index (Phi) is 5.63. The number of anilines is 1. The summed E-state index contributed by atoms with van der Waals surface area (Å²) in [7, 11) is 0.